The molecule has 1 aromatic carbocycles. The van der Waals surface area contributed by atoms with Crippen LogP contribution in [0.4, 0.5) is 5.82 Å². The van der Waals surface area contributed by atoms with Crippen LogP contribution in [0.25, 0.3) is 21.9 Å². The molecule has 1 aliphatic heterocycles. The van der Waals surface area contributed by atoms with E-state index in [0.29, 0.717) is 11.8 Å². The van der Waals surface area contributed by atoms with Crippen molar-refractivity contribution in [1.29, 1.82) is 0 Å². The van der Waals surface area contributed by atoms with E-state index in [2.05, 4.69) is 35.7 Å². The smallest absolute Gasteiger partial charge is 0.139 e. The second-order valence-corrected chi connectivity index (χ2v) is 8.14. The number of imidazole rings is 1. The molecule has 28 heavy (non-hydrogen) atoms. The predicted octanol–water partition coefficient (Wildman–Crippen LogP) is 2.76. The Bertz CT molecular complexity index is 1150. The SMILES string of the molecule is O[C@@H]1C[C@H]2CN(c3nccc4[nH]ncc34)C[C@H]2C[C@H]1n1cnc2ccccc21. The Morgan fingerprint density at radius 2 is 1.89 bits per heavy atom. The van der Waals surface area contributed by atoms with Gasteiger partial charge in [0.15, 0.2) is 0 Å². The molecule has 1 saturated heterocycles. The number of pyridine rings is 1. The number of fused-ring (bicyclic) bond motifs is 3. The number of aromatic nitrogens is 5. The lowest BCUT2D eigenvalue weighted by molar-refractivity contribution is 0.0375. The molecule has 0 spiro atoms. The highest BCUT2D eigenvalue weighted by molar-refractivity contribution is 5.89. The Labute approximate surface area is 162 Å². The van der Waals surface area contributed by atoms with Crippen molar-refractivity contribution in [3.05, 3.63) is 49.1 Å². The fraction of sp³-hybridized carbons (Fsp3) is 0.381. The third kappa shape index (κ3) is 2.36. The third-order valence-corrected chi connectivity index (χ3v) is 6.59. The second kappa shape index (κ2) is 6.04. The third-order valence-electron chi connectivity index (χ3n) is 6.59. The Kier molecular flexibility index (Phi) is 3.46. The fourth-order valence-corrected chi connectivity index (χ4v) is 5.23. The van der Waals surface area contributed by atoms with Gasteiger partial charge in [-0.2, -0.15) is 5.10 Å². The van der Waals surface area contributed by atoms with Gasteiger partial charge in [-0.25, -0.2) is 9.97 Å². The molecule has 0 radical (unpaired) electrons. The van der Waals surface area contributed by atoms with Gasteiger partial charge in [-0.05, 0) is 42.9 Å². The minimum absolute atomic E-state index is 0.0753. The zero-order valence-corrected chi connectivity index (χ0v) is 15.4. The average molecular weight is 374 g/mol. The molecule has 1 aliphatic carbocycles. The lowest BCUT2D eigenvalue weighted by Crippen LogP contribution is -2.36. The van der Waals surface area contributed by atoms with Crippen LogP contribution in [0.1, 0.15) is 18.9 Å². The largest absolute Gasteiger partial charge is 0.391 e. The van der Waals surface area contributed by atoms with E-state index in [1.165, 1.54) is 0 Å². The molecule has 2 aliphatic rings. The van der Waals surface area contributed by atoms with E-state index >= 15 is 0 Å². The molecule has 0 amide bonds. The highest BCUT2D eigenvalue weighted by Crippen LogP contribution is 2.43. The summed E-state index contributed by atoms with van der Waals surface area (Å²) in [6.45, 7) is 1.91. The van der Waals surface area contributed by atoms with Gasteiger partial charge in [0, 0.05) is 19.3 Å². The molecule has 4 atom stereocenters. The first-order chi connectivity index (χ1) is 13.8. The maximum Gasteiger partial charge on any atom is 0.139 e. The Hall–Kier alpha value is -2.93. The summed E-state index contributed by atoms with van der Waals surface area (Å²) in [6.07, 6.45) is 7.02. The second-order valence-electron chi connectivity index (χ2n) is 8.14. The van der Waals surface area contributed by atoms with E-state index in [-0.39, 0.29) is 12.1 Å². The van der Waals surface area contributed by atoms with Crippen LogP contribution < -0.4 is 4.90 Å². The van der Waals surface area contributed by atoms with E-state index in [9.17, 15) is 5.11 Å². The molecule has 3 aromatic heterocycles. The Morgan fingerprint density at radius 1 is 1.04 bits per heavy atom. The molecule has 2 fully saturated rings. The summed E-state index contributed by atoms with van der Waals surface area (Å²) in [5.74, 6) is 2.03. The number of hydrogen-bond acceptors (Lipinski definition) is 5. The number of benzene rings is 1. The fourth-order valence-electron chi connectivity index (χ4n) is 5.23. The lowest BCUT2D eigenvalue weighted by atomic mass is 9.77. The summed E-state index contributed by atoms with van der Waals surface area (Å²) in [7, 11) is 0. The molecule has 1 saturated carbocycles. The first-order valence-corrected chi connectivity index (χ1v) is 9.90. The average Bonchev–Trinajstić information content (AvgIpc) is 3.44. The summed E-state index contributed by atoms with van der Waals surface area (Å²) < 4.78 is 2.17. The van der Waals surface area contributed by atoms with Gasteiger partial charge in [-0.1, -0.05) is 12.1 Å². The molecule has 142 valence electrons. The standard InChI is InChI=1S/C21H22N6O/c28-20-8-14-11-26(21-15-9-24-25-16(15)5-6-22-21)10-13(14)7-19(20)27-12-23-17-3-1-2-4-18(17)27/h1-6,9,12-14,19-20,28H,7-8,10-11H2,(H,24,25)/t13-,14+,19-,20-/m1/s1. The number of hydrogen-bond donors (Lipinski definition) is 2. The van der Waals surface area contributed by atoms with Gasteiger partial charge in [0.05, 0.1) is 46.6 Å². The summed E-state index contributed by atoms with van der Waals surface area (Å²) in [6, 6.07) is 10.2. The summed E-state index contributed by atoms with van der Waals surface area (Å²) >= 11 is 0. The molecular weight excluding hydrogens is 352 g/mol. The zero-order chi connectivity index (χ0) is 18.7. The summed E-state index contributed by atoms with van der Waals surface area (Å²) in [5, 5.41) is 19.2. The van der Waals surface area contributed by atoms with Crippen molar-refractivity contribution < 1.29 is 5.11 Å². The topological polar surface area (TPSA) is 82.9 Å². The number of para-hydroxylation sites is 2. The molecule has 6 rings (SSSR count). The number of nitrogens with zero attached hydrogens (tertiary/aromatic N) is 5. The van der Waals surface area contributed by atoms with Crippen molar-refractivity contribution in [3.8, 4) is 0 Å². The minimum Gasteiger partial charge on any atom is -0.391 e. The molecule has 2 N–H and O–H groups in total. The zero-order valence-electron chi connectivity index (χ0n) is 15.4. The predicted molar refractivity (Wildman–Crippen MR) is 107 cm³/mol. The first kappa shape index (κ1) is 16.1. The normalized spacial score (nSPS) is 27.5. The van der Waals surface area contributed by atoms with E-state index in [4.69, 9.17) is 0 Å². The number of nitrogens with one attached hydrogen (secondary N) is 1. The first-order valence-electron chi connectivity index (χ1n) is 9.90. The van der Waals surface area contributed by atoms with Crippen LogP contribution in [0.3, 0.4) is 0 Å². The summed E-state index contributed by atoms with van der Waals surface area (Å²) in [5.41, 5.74) is 3.10. The Balaban J connectivity index is 1.30. The molecule has 4 heterocycles. The van der Waals surface area contributed by atoms with Gasteiger partial charge in [0.1, 0.15) is 5.82 Å². The van der Waals surface area contributed by atoms with Crippen molar-refractivity contribution in [2.45, 2.75) is 25.0 Å². The van der Waals surface area contributed by atoms with E-state index in [0.717, 1.165) is 53.7 Å². The number of aliphatic hydroxyl groups is 1. The minimum atomic E-state index is -0.350. The van der Waals surface area contributed by atoms with Gasteiger partial charge in [0.25, 0.3) is 0 Å². The van der Waals surface area contributed by atoms with Crippen molar-refractivity contribution in [2.24, 2.45) is 11.8 Å². The molecule has 0 bridgehead atoms. The number of aliphatic hydroxyl groups excluding tert-OH is 1. The van der Waals surface area contributed by atoms with Crippen molar-refractivity contribution >= 4 is 27.8 Å². The van der Waals surface area contributed by atoms with Crippen LogP contribution in [-0.4, -0.2) is 49.0 Å². The molecular formula is C21H22N6O. The molecule has 0 unspecified atom stereocenters. The van der Waals surface area contributed by atoms with Gasteiger partial charge in [-0.3, -0.25) is 5.10 Å². The number of H-pyrrole nitrogens is 1. The van der Waals surface area contributed by atoms with Gasteiger partial charge in [-0.15, -0.1) is 0 Å². The highest BCUT2D eigenvalue weighted by Gasteiger charge is 2.43. The Morgan fingerprint density at radius 3 is 2.82 bits per heavy atom. The number of aromatic amines is 1. The van der Waals surface area contributed by atoms with Crippen LogP contribution in [0.5, 0.6) is 0 Å². The van der Waals surface area contributed by atoms with Crippen LogP contribution in [0.2, 0.25) is 0 Å². The number of anilines is 1. The monoisotopic (exact) mass is 374 g/mol. The maximum atomic E-state index is 10.9. The quantitative estimate of drug-likeness (QED) is 0.564. The molecule has 4 aromatic rings. The van der Waals surface area contributed by atoms with Crippen molar-refractivity contribution in [2.75, 3.05) is 18.0 Å². The lowest BCUT2D eigenvalue weighted by Gasteiger charge is -2.36. The highest BCUT2D eigenvalue weighted by atomic mass is 16.3. The van der Waals surface area contributed by atoms with Gasteiger partial charge in [0.2, 0.25) is 0 Å². The summed E-state index contributed by atoms with van der Waals surface area (Å²) in [4.78, 5) is 11.5. The van der Waals surface area contributed by atoms with Crippen LogP contribution >= 0.6 is 0 Å². The van der Waals surface area contributed by atoms with Crippen molar-refractivity contribution in [1.82, 2.24) is 24.7 Å². The maximum absolute atomic E-state index is 10.9. The van der Waals surface area contributed by atoms with Crippen LogP contribution in [0, 0.1) is 11.8 Å². The van der Waals surface area contributed by atoms with Gasteiger partial charge < -0.3 is 14.6 Å². The van der Waals surface area contributed by atoms with Crippen LogP contribution in [0.15, 0.2) is 49.1 Å². The molecule has 7 nitrogen and oxygen atoms in total. The number of rotatable bonds is 2. The van der Waals surface area contributed by atoms with E-state index in [1.807, 2.05) is 43.0 Å². The molecule has 7 heteroatoms. The van der Waals surface area contributed by atoms with E-state index in [1.54, 1.807) is 0 Å². The van der Waals surface area contributed by atoms with Crippen molar-refractivity contribution in [3.63, 3.8) is 0 Å². The van der Waals surface area contributed by atoms with Crippen LogP contribution in [-0.2, 0) is 0 Å². The van der Waals surface area contributed by atoms with E-state index < -0.39 is 0 Å². The van der Waals surface area contributed by atoms with Gasteiger partial charge >= 0.3 is 0 Å².